The minimum Gasteiger partial charge on any atom is -0.378 e. The molecule has 0 spiro atoms. The fourth-order valence-corrected chi connectivity index (χ4v) is 2.79. The standard InChI is InChI=1S/C17H33N2O2/c1-2-3-4-5-6-7-8-9-10-11-16(18)17(20)19-12-14-21-15-13-19/h16,18H,2-15H2,1H3. The van der Waals surface area contributed by atoms with Gasteiger partial charge in [-0.1, -0.05) is 64.7 Å². The van der Waals surface area contributed by atoms with Crippen LogP contribution in [0.5, 0.6) is 0 Å². The highest BCUT2D eigenvalue weighted by atomic mass is 16.5. The molecule has 1 unspecified atom stereocenters. The Kier molecular flexibility index (Phi) is 10.5. The number of carbonyl (C=O) groups excluding carboxylic acids is 1. The SMILES string of the molecule is CCCCCCCCCCCC([NH])C(=O)N1CCOCC1. The zero-order valence-corrected chi connectivity index (χ0v) is 13.7. The monoisotopic (exact) mass is 297 g/mol. The van der Waals surface area contributed by atoms with Crippen molar-refractivity contribution in [2.75, 3.05) is 26.3 Å². The van der Waals surface area contributed by atoms with E-state index < -0.39 is 6.04 Å². The van der Waals surface area contributed by atoms with Gasteiger partial charge >= 0.3 is 0 Å². The van der Waals surface area contributed by atoms with E-state index in [1.54, 1.807) is 4.90 Å². The molecule has 1 amide bonds. The van der Waals surface area contributed by atoms with Crippen LogP contribution in [0.3, 0.4) is 0 Å². The number of ether oxygens (including phenoxy) is 1. The van der Waals surface area contributed by atoms with Gasteiger partial charge in [0.05, 0.1) is 13.2 Å². The van der Waals surface area contributed by atoms with Gasteiger partial charge in [-0.05, 0) is 6.42 Å². The Morgan fingerprint density at radius 3 is 2.10 bits per heavy atom. The molecule has 1 radical (unpaired) electrons. The van der Waals surface area contributed by atoms with Gasteiger partial charge in [0.15, 0.2) is 0 Å². The van der Waals surface area contributed by atoms with Crippen LogP contribution in [0.2, 0.25) is 0 Å². The van der Waals surface area contributed by atoms with Gasteiger partial charge in [-0.2, -0.15) is 0 Å². The van der Waals surface area contributed by atoms with Crippen LogP contribution in [0.15, 0.2) is 0 Å². The van der Waals surface area contributed by atoms with Gasteiger partial charge in [0.2, 0.25) is 5.91 Å². The maximum Gasteiger partial charge on any atom is 0.241 e. The number of morpholine rings is 1. The van der Waals surface area contributed by atoms with Crippen molar-refractivity contribution < 1.29 is 9.53 Å². The zero-order chi connectivity index (χ0) is 15.3. The Morgan fingerprint density at radius 2 is 1.52 bits per heavy atom. The van der Waals surface area contributed by atoms with E-state index in [1.807, 2.05) is 0 Å². The average Bonchev–Trinajstić information content (AvgIpc) is 2.53. The lowest BCUT2D eigenvalue weighted by Crippen LogP contribution is -2.46. The topological polar surface area (TPSA) is 53.3 Å². The summed E-state index contributed by atoms with van der Waals surface area (Å²) < 4.78 is 5.23. The Morgan fingerprint density at radius 1 is 1.00 bits per heavy atom. The highest BCUT2D eigenvalue weighted by Crippen LogP contribution is 2.12. The first kappa shape index (κ1) is 18.4. The van der Waals surface area contributed by atoms with Crippen molar-refractivity contribution in [2.24, 2.45) is 0 Å². The molecule has 1 aliphatic heterocycles. The summed E-state index contributed by atoms with van der Waals surface area (Å²) >= 11 is 0. The second-order valence-corrected chi connectivity index (χ2v) is 6.11. The van der Waals surface area contributed by atoms with Crippen LogP contribution in [0.4, 0.5) is 0 Å². The van der Waals surface area contributed by atoms with E-state index in [2.05, 4.69) is 6.92 Å². The van der Waals surface area contributed by atoms with Crippen LogP contribution in [-0.4, -0.2) is 43.2 Å². The molecule has 0 saturated carbocycles. The molecule has 1 fully saturated rings. The summed E-state index contributed by atoms with van der Waals surface area (Å²) in [5.41, 5.74) is 7.97. The second-order valence-electron chi connectivity index (χ2n) is 6.11. The van der Waals surface area contributed by atoms with Crippen LogP contribution >= 0.6 is 0 Å². The van der Waals surface area contributed by atoms with E-state index in [0.29, 0.717) is 32.7 Å². The molecule has 1 N–H and O–H groups in total. The Balaban J connectivity index is 1.95. The lowest BCUT2D eigenvalue weighted by atomic mass is 10.0. The first-order valence-electron chi connectivity index (χ1n) is 8.83. The third-order valence-corrected chi connectivity index (χ3v) is 4.22. The number of hydrogen-bond donors (Lipinski definition) is 0. The van der Waals surface area contributed by atoms with Gasteiger partial charge < -0.3 is 9.64 Å². The number of rotatable bonds is 11. The van der Waals surface area contributed by atoms with Gasteiger partial charge in [0, 0.05) is 13.1 Å². The summed E-state index contributed by atoms with van der Waals surface area (Å²) in [6, 6.07) is -0.562. The molecule has 4 nitrogen and oxygen atoms in total. The number of nitrogens with zero attached hydrogens (tertiary/aromatic N) is 1. The van der Waals surface area contributed by atoms with Crippen molar-refractivity contribution in [1.29, 1.82) is 0 Å². The quantitative estimate of drug-likeness (QED) is 0.549. The third-order valence-electron chi connectivity index (χ3n) is 4.22. The van der Waals surface area contributed by atoms with Crippen molar-refractivity contribution >= 4 is 5.91 Å². The summed E-state index contributed by atoms with van der Waals surface area (Å²) in [5.74, 6) is -0.00198. The van der Waals surface area contributed by atoms with Crippen molar-refractivity contribution in [3.05, 3.63) is 0 Å². The first-order valence-corrected chi connectivity index (χ1v) is 8.83. The number of nitrogens with one attached hydrogen (secondary N) is 1. The van der Waals surface area contributed by atoms with Crippen molar-refractivity contribution in [2.45, 2.75) is 77.2 Å². The summed E-state index contributed by atoms with van der Waals surface area (Å²) in [7, 11) is 0. The molecule has 0 aromatic heterocycles. The molecular formula is C17H33N2O2. The second kappa shape index (κ2) is 12.0. The van der Waals surface area contributed by atoms with Gasteiger partial charge in [0.1, 0.15) is 6.04 Å². The maximum absolute atomic E-state index is 12.0. The highest BCUT2D eigenvalue weighted by molar-refractivity contribution is 5.81. The third kappa shape index (κ3) is 8.42. The lowest BCUT2D eigenvalue weighted by Gasteiger charge is -2.28. The summed E-state index contributed by atoms with van der Waals surface area (Å²) in [5, 5.41) is 0. The molecule has 1 saturated heterocycles. The van der Waals surface area contributed by atoms with Crippen LogP contribution < -0.4 is 5.73 Å². The fraction of sp³-hybridized carbons (Fsp3) is 0.941. The van der Waals surface area contributed by atoms with Crippen molar-refractivity contribution in [1.82, 2.24) is 10.6 Å². The predicted molar refractivity (Wildman–Crippen MR) is 86.1 cm³/mol. The molecule has 0 aliphatic carbocycles. The Hall–Kier alpha value is -0.610. The first-order chi connectivity index (χ1) is 10.3. The molecule has 0 aromatic carbocycles. The van der Waals surface area contributed by atoms with Crippen LogP contribution in [0.1, 0.15) is 71.1 Å². The molecule has 0 bridgehead atoms. The Labute approximate surface area is 130 Å². The molecule has 1 atom stereocenters. The predicted octanol–water partition coefficient (Wildman–Crippen LogP) is 3.42. The molecular weight excluding hydrogens is 264 g/mol. The summed E-state index contributed by atoms with van der Waals surface area (Å²) in [6.07, 6.45) is 12.2. The minimum atomic E-state index is -0.562. The van der Waals surface area contributed by atoms with Crippen LogP contribution in [0, 0.1) is 0 Å². The van der Waals surface area contributed by atoms with E-state index in [-0.39, 0.29) is 5.91 Å². The highest BCUT2D eigenvalue weighted by Gasteiger charge is 2.22. The smallest absolute Gasteiger partial charge is 0.241 e. The molecule has 4 heteroatoms. The van der Waals surface area contributed by atoms with E-state index >= 15 is 0 Å². The summed E-state index contributed by atoms with van der Waals surface area (Å²) in [6.45, 7) is 4.81. The molecule has 1 rings (SSSR count). The molecule has 123 valence electrons. The van der Waals surface area contributed by atoms with Crippen molar-refractivity contribution in [3.63, 3.8) is 0 Å². The minimum absolute atomic E-state index is 0.00198. The normalized spacial score (nSPS) is 17.0. The number of unbranched alkanes of at least 4 members (excludes halogenated alkanes) is 8. The number of hydrogen-bond acceptors (Lipinski definition) is 2. The van der Waals surface area contributed by atoms with E-state index in [9.17, 15) is 4.79 Å². The molecule has 0 aromatic rings. The van der Waals surface area contributed by atoms with Gasteiger partial charge in [-0.3, -0.25) is 4.79 Å². The van der Waals surface area contributed by atoms with Crippen LogP contribution in [-0.2, 0) is 9.53 Å². The van der Waals surface area contributed by atoms with E-state index in [0.717, 1.165) is 6.42 Å². The number of carbonyl (C=O) groups is 1. The molecule has 1 heterocycles. The fourth-order valence-electron chi connectivity index (χ4n) is 2.79. The summed E-state index contributed by atoms with van der Waals surface area (Å²) in [4.78, 5) is 13.8. The van der Waals surface area contributed by atoms with Gasteiger partial charge in [0.25, 0.3) is 0 Å². The number of amides is 1. The maximum atomic E-state index is 12.0. The largest absolute Gasteiger partial charge is 0.378 e. The van der Waals surface area contributed by atoms with Gasteiger partial charge in [-0.15, -0.1) is 0 Å². The van der Waals surface area contributed by atoms with E-state index in [1.165, 1.54) is 51.4 Å². The molecule has 21 heavy (non-hydrogen) atoms. The van der Waals surface area contributed by atoms with E-state index in [4.69, 9.17) is 10.5 Å². The van der Waals surface area contributed by atoms with Crippen LogP contribution in [0.25, 0.3) is 0 Å². The zero-order valence-electron chi connectivity index (χ0n) is 13.7. The Bertz CT molecular complexity index is 266. The average molecular weight is 297 g/mol. The van der Waals surface area contributed by atoms with Gasteiger partial charge in [-0.25, -0.2) is 5.73 Å². The lowest BCUT2D eigenvalue weighted by molar-refractivity contribution is -0.137. The van der Waals surface area contributed by atoms with Crippen molar-refractivity contribution in [3.8, 4) is 0 Å². The molecule has 1 aliphatic rings.